The van der Waals surface area contributed by atoms with E-state index in [-0.39, 0.29) is 12.1 Å². The fraction of sp³-hybridized carbons (Fsp3) is 0.238. The Morgan fingerprint density at radius 2 is 1.93 bits per heavy atom. The Morgan fingerprint density at radius 3 is 2.63 bits per heavy atom. The number of rotatable bonds is 5. The Balaban J connectivity index is 1.55. The number of aromatic nitrogens is 2. The summed E-state index contributed by atoms with van der Waals surface area (Å²) in [5.74, 6) is 0.740. The van der Waals surface area contributed by atoms with Crippen molar-refractivity contribution in [3.63, 3.8) is 0 Å². The second-order valence-corrected chi connectivity index (χ2v) is 6.68. The summed E-state index contributed by atoms with van der Waals surface area (Å²) in [6, 6.07) is 17.9. The van der Waals surface area contributed by atoms with Crippen molar-refractivity contribution in [2.75, 3.05) is 13.7 Å². The number of carbonyl (C=O) groups excluding carboxylic acids is 1. The molecule has 0 fully saturated rings. The number of carbonyl (C=O) groups is 1. The van der Waals surface area contributed by atoms with Gasteiger partial charge in [0.2, 0.25) is 0 Å². The third kappa shape index (κ3) is 3.57. The number of methoxy groups -OCH3 is 1. The van der Waals surface area contributed by atoms with Crippen LogP contribution < -0.4 is 15.4 Å². The van der Waals surface area contributed by atoms with Crippen molar-refractivity contribution in [3.05, 3.63) is 71.4 Å². The molecule has 0 aliphatic carbocycles. The number of benzene rings is 2. The number of aryl methyl sites for hydroxylation is 1. The third-order valence-electron chi connectivity index (χ3n) is 4.77. The highest BCUT2D eigenvalue weighted by Gasteiger charge is 2.27. The van der Waals surface area contributed by atoms with E-state index < -0.39 is 0 Å². The van der Waals surface area contributed by atoms with Crippen molar-refractivity contribution in [3.8, 4) is 17.0 Å². The van der Waals surface area contributed by atoms with Crippen molar-refractivity contribution in [2.45, 2.75) is 19.6 Å². The van der Waals surface area contributed by atoms with Crippen LogP contribution in [0.4, 0.5) is 0 Å². The summed E-state index contributed by atoms with van der Waals surface area (Å²) in [6.07, 6.45) is -0.0981. The molecular formula is C21H22N4O2. The Bertz CT molecular complexity index is 945. The first-order valence-corrected chi connectivity index (χ1v) is 8.95. The lowest BCUT2D eigenvalue weighted by molar-refractivity contribution is 0.0900. The average molecular weight is 362 g/mol. The number of hydrogen-bond acceptors (Lipinski definition) is 4. The van der Waals surface area contributed by atoms with Gasteiger partial charge in [-0.15, -0.1) is 0 Å². The molecule has 0 bridgehead atoms. The first-order chi connectivity index (χ1) is 13.1. The maximum absolute atomic E-state index is 12.3. The molecule has 1 amide bonds. The molecule has 0 saturated carbocycles. The molecule has 3 aromatic rings. The fourth-order valence-corrected chi connectivity index (χ4v) is 3.17. The van der Waals surface area contributed by atoms with E-state index in [2.05, 4.69) is 17.6 Å². The monoisotopic (exact) mass is 362 g/mol. The highest BCUT2D eigenvalue weighted by molar-refractivity contribution is 5.94. The van der Waals surface area contributed by atoms with Gasteiger partial charge in [-0.2, -0.15) is 5.10 Å². The van der Waals surface area contributed by atoms with Crippen LogP contribution in [0.15, 0.2) is 54.6 Å². The highest BCUT2D eigenvalue weighted by Crippen LogP contribution is 2.23. The number of nitrogens with zero attached hydrogens (tertiary/aromatic N) is 2. The first kappa shape index (κ1) is 17.3. The zero-order chi connectivity index (χ0) is 18.8. The average Bonchev–Trinajstić information content (AvgIpc) is 3.15. The second kappa shape index (κ2) is 7.25. The molecule has 6 nitrogen and oxygen atoms in total. The van der Waals surface area contributed by atoms with Gasteiger partial charge in [-0.05, 0) is 30.7 Å². The Hall–Kier alpha value is -3.12. The second-order valence-electron chi connectivity index (χ2n) is 6.68. The van der Waals surface area contributed by atoms with Gasteiger partial charge in [0.05, 0.1) is 19.3 Å². The van der Waals surface area contributed by atoms with Crippen LogP contribution in [0, 0.1) is 6.92 Å². The van der Waals surface area contributed by atoms with Gasteiger partial charge in [-0.1, -0.05) is 42.0 Å². The van der Waals surface area contributed by atoms with Gasteiger partial charge in [0, 0.05) is 12.1 Å². The largest absolute Gasteiger partial charge is 0.497 e. The van der Waals surface area contributed by atoms with E-state index in [0.717, 1.165) is 22.6 Å². The quantitative estimate of drug-likeness (QED) is 0.732. The smallest absolute Gasteiger partial charge is 0.269 e. The van der Waals surface area contributed by atoms with Crippen LogP contribution in [0.3, 0.4) is 0 Å². The van der Waals surface area contributed by atoms with Gasteiger partial charge >= 0.3 is 0 Å². The van der Waals surface area contributed by atoms with Crippen molar-refractivity contribution in [2.24, 2.45) is 0 Å². The molecule has 1 aromatic heterocycles. The van der Waals surface area contributed by atoms with Gasteiger partial charge in [0.1, 0.15) is 17.6 Å². The molecule has 2 heterocycles. The first-order valence-electron chi connectivity index (χ1n) is 8.95. The lowest BCUT2D eigenvalue weighted by Crippen LogP contribution is -2.45. The molecule has 1 aliphatic heterocycles. The Morgan fingerprint density at radius 1 is 1.19 bits per heavy atom. The molecule has 27 heavy (non-hydrogen) atoms. The fourth-order valence-electron chi connectivity index (χ4n) is 3.17. The maximum Gasteiger partial charge on any atom is 0.269 e. The molecule has 138 valence electrons. The van der Waals surface area contributed by atoms with Crippen LogP contribution in [-0.4, -0.2) is 29.3 Å². The molecular weight excluding hydrogens is 340 g/mol. The van der Waals surface area contributed by atoms with Crippen molar-refractivity contribution < 1.29 is 9.53 Å². The van der Waals surface area contributed by atoms with Crippen LogP contribution in [0.5, 0.6) is 5.75 Å². The number of hydrogen-bond donors (Lipinski definition) is 2. The normalized spacial score (nSPS) is 15.9. The SMILES string of the molecule is COc1ccc(CN[C@@H]2CNC(=O)c3cc(-c4ccc(C)cc4)nn32)cc1. The van der Waals surface area contributed by atoms with E-state index in [1.54, 1.807) is 11.8 Å². The summed E-state index contributed by atoms with van der Waals surface area (Å²) < 4.78 is 6.98. The third-order valence-corrected chi connectivity index (χ3v) is 4.77. The molecule has 2 aromatic carbocycles. The lowest BCUT2D eigenvalue weighted by Gasteiger charge is -2.25. The van der Waals surface area contributed by atoms with Crippen LogP contribution in [-0.2, 0) is 6.54 Å². The van der Waals surface area contributed by atoms with E-state index in [9.17, 15) is 4.79 Å². The zero-order valence-corrected chi connectivity index (χ0v) is 15.4. The van der Waals surface area contributed by atoms with E-state index in [0.29, 0.717) is 18.8 Å². The molecule has 0 unspecified atom stereocenters. The molecule has 6 heteroatoms. The lowest BCUT2D eigenvalue weighted by atomic mass is 10.1. The highest BCUT2D eigenvalue weighted by atomic mass is 16.5. The minimum atomic E-state index is -0.0981. The summed E-state index contributed by atoms with van der Waals surface area (Å²) in [6.45, 7) is 3.22. The molecule has 0 spiro atoms. The Kier molecular flexibility index (Phi) is 4.64. The standard InChI is InChI=1S/C21H22N4O2/c1-14-3-7-16(8-4-14)18-11-19-21(26)23-13-20(25(19)24-18)22-12-15-5-9-17(27-2)10-6-15/h3-11,20,22H,12-13H2,1-2H3,(H,23,26)/t20-/m0/s1. The van der Waals surface area contributed by atoms with Gasteiger partial charge in [-0.3, -0.25) is 10.1 Å². The van der Waals surface area contributed by atoms with Crippen LogP contribution >= 0.6 is 0 Å². The van der Waals surface area contributed by atoms with Crippen molar-refractivity contribution in [1.82, 2.24) is 20.4 Å². The molecule has 1 atom stereocenters. The van der Waals surface area contributed by atoms with Crippen LogP contribution in [0.2, 0.25) is 0 Å². The molecule has 1 aliphatic rings. The number of ether oxygens (including phenoxy) is 1. The summed E-state index contributed by atoms with van der Waals surface area (Å²) in [7, 11) is 1.66. The van der Waals surface area contributed by atoms with E-state index in [1.807, 2.05) is 54.6 Å². The predicted molar refractivity (Wildman–Crippen MR) is 104 cm³/mol. The maximum atomic E-state index is 12.3. The van der Waals surface area contributed by atoms with E-state index in [4.69, 9.17) is 9.84 Å². The minimum absolute atomic E-state index is 0.0941. The molecule has 0 radical (unpaired) electrons. The van der Waals surface area contributed by atoms with E-state index in [1.165, 1.54) is 5.56 Å². The van der Waals surface area contributed by atoms with Crippen LogP contribution in [0.25, 0.3) is 11.3 Å². The summed E-state index contributed by atoms with van der Waals surface area (Å²) in [5.41, 5.74) is 4.71. The number of fused-ring (bicyclic) bond motifs is 1. The topological polar surface area (TPSA) is 68.2 Å². The predicted octanol–water partition coefficient (Wildman–Crippen LogP) is 2.90. The summed E-state index contributed by atoms with van der Waals surface area (Å²) >= 11 is 0. The van der Waals surface area contributed by atoms with Crippen molar-refractivity contribution >= 4 is 5.91 Å². The number of amides is 1. The molecule has 4 rings (SSSR count). The van der Waals surface area contributed by atoms with Gasteiger partial charge in [0.15, 0.2) is 0 Å². The Labute approximate surface area is 158 Å². The summed E-state index contributed by atoms with van der Waals surface area (Å²) in [4.78, 5) is 12.3. The minimum Gasteiger partial charge on any atom is -0.497 e. The number of nitrogens with one attached hydrogen (secondary N) is 2. The zero-order valence-electron chi connectivity index (χ0n) is 15.4. The van der Waals surface area contributed by atoms with Crippen molar-refractivity contribution in [1.29, 1.82) is 0 Å². The van der Waals surface area contributed by atoms with Gasteiger partial charge in [-0.25, -0.2) is 4.68 Å². The van der Waals surface area contributed by atoms with Gasteiger partial charge < -0.3 is 10.1 Å². The van der Waals surface area contributed by atoms with Gasteiger partial charge in [0.25, 0.3) is 5.91 Å². The van der Waals surface area contributed by atoms with E-state index >= 15 is 0 Å². The molecule has 2 N–H and O–H groups in total. The van der Waals surface area contributed by atoms with Crippen LogP contribution in [0.1, 0.15) is 27.8 Å². The summed E-state index contributed by atoms with van der Waals surface area (Å²) in [5, 5.41) is 11.1. The molecule has 0 saturated heterocycles.